The van der Waals surface area contributed by atoms with Crippen molar-refractivity contribution >= 4 is 34.9 Å². The maximum atomic E-state index is 13.2. The van der Waals surface area contributed by atoms with Crippen molar-refractivity contribution in [2.24, 2.45) is 0 Å². The van der Waals surface area contributed by atoms with Crippen LogP contribution in [0.3, 0.4) is 0 Å². The molecule has 0 saturated carbocycles. The van der Waals surface area contributed by atoms with Gasteiger partial charge >= 0.3 is 0 Å². The largest absolute Gasteiger partial charge is 0.382 e. The van der Waals surface area contributed by atoms with Crippen LogP contribution >= 0.6 is 11.8 Å². The lowest BCUT2D eigenvalue weighted by Gasteiger charge is -2.24. The minimum Gasteiger partial charge on any atom is -0.382 e. The van der Waals surface area contributed by atoms with Crippen molar-refractivity contribution in [3.63, 3.8) is 0 Å². The van der Waals surface area contributed by atoms with E-state index in [-0.39, 0.29) is 23.0 Å². The highest BCUT2D eigenvalue weighted by Gasteiger charge is 2.25. The van der Waals surface area contributed by atoms with Crippen LogP contribution in [0.2, 0.25) is 0 Å². The van der Waals surface area contributed by atoms with Crippen LogP contribution in [0, 0.1) is 11.3 Å². The number of anilines is 3. The molecule has 2 N–H and O–H groups in total. The smallest absolute Gasteiger partial charge is 0.242 e. The van der Waals surface area contributed by atoms with E-state index in [9.17, 15) is 4.79 Å². The van der Waals surface area contributed by atoms with E-state index < -0.39 is 0 Å². The molecule has 28 heavy (non-hydrogen) atoms. The lowest BCUT2D eigenvalue weighted by atomic mass is 10.0. The van der Waals surface area contributed by atoms with Gasteiger partial charge in [0.05, 0.1) is 23.3 Å². The van der Waals surface area contributed by atoms with Crippen molar-refractivity contribution in [3.8, 4) is 6.07 Å². The number of thioether (sulfide) groups is 1. The molecule has 0 atom stereocenters. The molecule has 1 aromatic heterocycles. The molecule has 7 heteroatoms. The molecule has 1 aliphatic heterocycles. The lowest BCUT2D eigenvalue weighted by molar-refractivity contribution is -0.115. The highest BCUT2D eigenvalue weighted by Crippen LogP contribution is 2.36. The quantitative estimate of drug-likeness (QED) is 0.546. The fraction of sp³-hybridized carbons (Fsp3) is 0.143. The Kier molecular flexibility index (Phi) is 4.96. The number of nitriles is 1. The third-order valence-corrected chi connectivity index (χ3v) is 5.47. The molecule has 0 fully saturated rings. The Morgan fingerprint density at radius 2 is 1.71 bits per heavy atom. The first kappa shape index (κ1) is 18.0. The molecule has 2 heterocycles. The number of hydrogen-bond acceptors (Lipinski definition) is 6. The van der Waals surface area contributed by atoms with Gasteiger partial charge in [0.15, 0.2) is 5.16 Å². The minimum absolute atomic E-state index is 0.0571. The van der Waals surface area contributed by atoms with Crippen molar-refractivity contribution in [2.75, 3.05) is 16.4 Å². The number of benzene rings is 2. The second kappa shape index (κ2) is 7.71. The highest BCUT2D eigenvalue weighted by molar-refractivity contribution is 7.99. The van der Waals surface area contributed by atoms with Gasteiger partial charge in [-0.25, -0.2) is 9.97 Å². The van der Waals surface area contributed by atoms with Gasteiger partial charge in [-0.3, -0.25) is 9.69 Å². The van der Waals surface area contributed by atoms with E-state index in [4.69, 9.17) is 11.0 Å². The van der Waals surface area contributed by atoms with E-state index >= 15 is 0 Å². The normalized spacial score (nSPS) is 12.5. The number of aryl methyl sites for hydroxylation is 2. The molecule has 0 unspecified atom stereocenters. The average Bonchev–Trinajstić information content (AvgIpc) is 2.89. The number of aromatic nitrogens is 2. The number of amides is 1. The zero-order valence-electron chi connectivity index (χ0n) is 15.0. The number of para-hydroxylation sites is 2. The van der Waals surface area contributed by atoms with Crippen molar-refractivity contribution in [1.29, 1.82) is 5.26 Å². The maximum absolute atomic E-state index is 13.2. The molecule has 1 amide bonds. The van der Waals surface area contributed by atoms with Crippen LogP contribution in [0.25, 0.3) is 0 Å². The molecule has 6 nitrogen and oxygen atoms in total. The summed E-state index contributed by atoms with van der Waals surface area (Å²) in [5, 5.41) is 9.31. The van der Waals surface area contributed by atoms with Gasteiger partial charge in [-0.2, -0.15) is 5.26 Å². The topological polar surface area (TPSA) is 95.9 Å². The van der Waals surface area contributed by atoms with E-state index in [0.717, 1.165) is 35.3 Å². The Hall–Kier alpha value is -3.37. The number of carbonyl (C=O) groups excluding carboxylic acids is 1. The summed E-state index contributed by atoms with van der Waals surface area (Å²) < 4.78 is 0. The van der Waals surface area contributed by atoms with E-state index in [2.05, 4.69) is 22.1 Å². The molecule has 138 valence electrons. The second-order valence-corrected chi connectivity index (χ2v) is 7.28. The molecular weight excluding hydrogens is 370 g/mol. The van der Waals surface area contributed by atoms with Crippen molar-refractivity contribution < 1.29 is 4.79 Å². The molecule has 0 aliphatic carbocycles. The predicted octanol–water partition coefficient (Wildman–Crippen LogP) is 3.49. The van der Waals surface area contributed by atoms with E-state index in [0.29, 0.717) is 5.16 Å². The Bertz CT molecular complexity index is 1040. The van der Waals surface area contributed by atoms with Gasteiger partial charge in [-0.1, -0.05) is 48.2 Å². The number of hydrogen-bond donors (Lipinski definition) is 1. The molecule has 0 saturated heterocycles. The SMILES string of the molecule is N#Cc1cnc(SCC(=O)N2c3ccccc3CCc3ccccc32)nc1N. The van der Waals surface area contributed by atoms with Crippen LogP contribution in [0.1, 0.15) is 16.7 Å². The summed E-state index contributed by atoms with van der Waals surface area (Å²) in [5.41, 5.74) is 10.1. The van der Waals surface area contributed by atoms with E-state index in [1.54, 1.807) is 4.90 Å². The molecule has 3 aromatic rings. The van der Waals surface area contributed by atoms with Crippen LogP contribution in [-0.2, 0) is 17.6 Å². The van der Waals surface area contributed by atoms with Crippen LogP contribution < -0.4 is 10.6 Å². The zero-order chi connectivity index (χ0) is 19.5. The molecule has 0 bridgehead atoms. The Balaban J connectivity index is 1.63. The fourth-order valence-corrected chi connectivity index (χ4v) is 3.94. The number of nitrogens with two attached hydrogens (primary N) is 1. The average molecular weight is 387 g/mol. The molecule has 0 radical (unpaired) electrons. The highest BCUT2D eigenvalue weighted by atomic mass is 32.2. The number of fused-ring (bicyclic) bond motifs is 2. The van der Waals surface area contributed by atoms with Gasteiger partial charge in [0, 0.05) is 0 Å². The number of nitrogen functional groups attached to an aromatic ring is 1. The van der Waals surface area contributed by atoms with Crippen LogP contribution in [0.15, 0.2) is 59.9 Å². The summed E-state index contributed by atoms with van der Waals surface area (Å²) in [6, 6.07) is 17.9. The Morgan fingerprint density at radius 3 is 2.29 bits per heavy atom. The van der Waals surface area contributed by atoms with E-state index in [1.807, 2.05) is 42.5 Å². The zero-order valence-corrected chi connectivity index (χ0v) is 15.8. The van der Waals surface area contributed by atoms with Crippen molar-refractivity contribution in [2.45, 2.75) is 18.0 Å². The maximum Gasteiger partial charge on any atom is 0.242 e. The summed E-state index contributed by atoms with van der Waals surface area (Å²) >= 11 is 1.21. The monoisotopic (exact) mass is 387 g/mol. The molecule has 0 spiro atoms. The van der Waals surface area contributed by atoms with E-state index in [1.165, 1.54) is 18.0 Å². The fourth-order valence-electron chi connectivity index (χ4n) is 3.27. The van der Waals surface area contributed by atoms with Crippen LogP contribution in [-0.4, -0.2) is 21.6 Å². The van der Waals surface area contributed by atoms with Crippen LogP contribution in [0.4, 0.5) is 17.2 Å². The number of nitrogens with zero attached hydrogens (tertiary/aromatic N) is 4. The first-order valence-corrected chi connectivity index (χ1v) is 9.80. The van der Waals surface area contributed by atoms with Gasteiger partial charge in [0.1, 0.15) is 17.5 Å². The number of carbonyl (C=O) groups is 1. The van der Waals surface area contributed by atoms with Crippen LogP contribution in [0.5, 0.6) is 0 Å². The second-order valence-electron chi connectivity index (χ2n) is 6.34. The molecule has 2 aromatic carbocycles. The summed E-state index contributed by atoms with van der Waals surface area (Å²) in [5.74, 6) is 0.227. The van der Waals surface area contributed by atoms with Gasteiger partial charge in [0.2, 0.25) is 5.91 Å². The first-order chi connectivity index (χ1) is 13.7. The third kappa shape index (κ3) is 3.42. The van der Waals surface area contributed by atoms with Gasteiger partial charge in [-0.15, -0.1) is 0 Å². The Labute approximate surface area is 167 Å². The summed E-state index contributed by atoms with van der Waals surface area (Å²) in [7, 11) is 0. The van der Waals surface area contributed by atoms with Gasteiger partial charge < -0.3 is 5.73 Å². The summed E-state index contributed by atoms with van der Waals surface area (Å²) in [6.07, 6.45) is 3.16. The molecular formula is C21H17N5OS. The molecule has 4 rings (SSSR count). The first-order valence-electron chi connectivity index (χ1n) is 8.81. The number of rotatable bonds is 3. The lowest BCUT2D eigenvalue weighted by Crippen LogP contribution is -2.28. The third-order valence-electron chi connectivity index (χ3n) is 4.62. The summed E-state index contributed by atoms with van der Waals surface area (Å²) in [6.45, 7) is 0. The summed E-state index contributed by atoms with van der Waals surface area (Å²) in [4.78, 5) is 23.2. The van der Waals surface area contributed by atoms with Crippen molar-refractivity contribution in [1.82, 2.24) is 9.97 Å². The van der Waals surface area contributed by atoms with Crippen molar-refractivity contribution in [3.05, 3.63) is 71.4 Å². The molecule has 1 aliphatic rings. The predicted molar refractivity (Wildman–Crippen MR) is 109 cm³/mol. The Morgan fingerprint density at radius 1 is 1.11 bits per heavy atom. The van der Waals surface area contributed by atoms with Gasteiger partial charge in [0.25, 0.3) is 0 Å². The minimum atomic E-state index is -0.0571. The van der Waals surface area contributed by atoms with Gasteiger partial charge in [-0.05, 0) is 36.1 Å². The standard InChI is InChI=1S/C21H17N5OS/c22-11-16-12-24-21(25-20(16)23)28-13-19(27)26-17-7-3-1-5-14(17)9-10-15-6-2-4-8-18(15)26/h1-8,12H,9-10,13H2,(H2,23,24,25).